The minimum absolute atomic E-state index is 0.115. The van der Waals surface area contributed by atoms with E-state index >= 15 is 0 Å². The van der Waals surface area contributed by atoms with Gasteiger partial charge in [0, 0.05) is 24.1 Å². The smallest absolute Gasteiger partial charge is 0.254 e. The molecule has 0 radical (unpaired) electrons. The molecule has 2 amide bonds. The van der Waals surface area contributed by atoms with E-state index in [2.05, 4.69) is 32.2 Å². The first kappa shape index (κ1) is 23.4. The highest BCUT2D eigenvalue weighted by atomic mass is 16.7. The van der Waals surface area contributed by atoms with Crippen LogP contribution in [0.4, 0.5) is 5.82 Å². The fraction of sp³-hybridized carbons (Fsp3) is 0.346. The summed E-state index contributed by atoms with van der Waals surface area (Å²) < 4.78 is 12.4. The molecule has 8 heteroatoms. The molecule has 8 nitrogen and oxygen atoms in total. The predicted molar refractivity (Wildman–Crippen MR) is 130 cm³/mol. The van der Waals surface area contributed by atoms with Gasteiger partial charge >= 0.3 is 0 Å². The number of carbonyl (C=O) groups excluding carboxylic acids is 2. The third-order valence-electron chi connectivity index (χ3n) is 5.67. The molecule has 178 valence electrons. The minimum Gasteiger partial charge on any atom is -0.454 e. The van der Waals surface area contributed by atoms with Crippen LogP contribution in [0.2, 0.25) is 0 Å². The van der Waals surface area contributed by atoms with Crippen molar-refractivity contribution in [2.45, 2.75) is 40.0 Å². The van der Waals surface area contributed by atoms with Crippen molar-refractivity contribution in [3.8, 4) is 17.2 Å². The number of nitrogens with one attached hydrogen (secondary N) is 1. The molecule has 34 heavy (non-hydrogen) atoms. The first-order valence-corrected chi connectivity index (χ1v) is 11.2. The molecule has 2 aromatic carbocycles. The van der Waals surface area contributed by atoms with Crippen LogP contribution in [0, 0.1) is 13.8 Å². The lowest BCUT2D eigenvalue weighted by molar-refractivity contribution is -0.116. The van der Waals surface area contributed by atoms with Gasteiger partial charge in [-0.2, -0.15) is 5.10 Å². The van der Waals surface area contributed by atoms with E-state index in [1.165, 1.54) is 4.90 Å². The molecule has 4 rings (SSSR count). The molecule has 0 atom stereocenters. The number of rotatable bonds is 5. The number of amides is 2. The topological polar surface area (TPSA) is 85.7 Å². The van der Waals surface area contributed by atoms with E-state index < -0.39 is 0 Å². The Morgan fingerprint density at radius 1 is 1.06 bits per heavy atom. The summed E-state index contributed by atoms with van der Waals surface area (Å²) in [5.41, 5.74) is 4.17. The summed E-state index contributed by atoms with van der Waals surface area (Å²) in [7, 11) is 1.59. The molecule has 1 aliphatic heterocycles. The van der Waals surface area contributed by atoms with Crippen molar-refractivity contribution in [3.63, 3.8) is 0 Å². The van der Waals surface area contributed by atoms with Crippen molar-refractivity contribution in [2.24, 2.45) is 0 Å². The Hall–Kier alpha value is -3.81. The third kappa shape index (κ3) is 4.76. The second-order valence-corrected chi connectivity index (χ2v) is 9.64. The van der Waals surface area contributed by atoms with Gasteiger partial charge in [-0.15, -0.1) is 0 Å². The molecule has 2 heterocycles. The Morgan fingerprint density at radius 3 is 2.50 bits per heavy atom. The first-order chi connectivity index (χ1) is 16.0. The van der Waals surface area contributed by atoms with Crippen LogP contribution in [0.1, 0.15) is 48.0 Å². The van der Waals surface area contributed by atoms with Crippen LogP contribution in [0.25, 0.3) is 5.69 Å². The average molecular weight is 463 g/mol. The van der Waals surface area contributed by atoms with E-state index in [1.807, 2.05) is 32.0 Å². The SMILES string of the molecule is Cc1ccc(-n2nc(C(C)(C)C)cc2NC(=O)CN(C)C(=O)c2ccc3c(c2)OCO3)c(C)c1. The molecule has 0 unspecified atom stereocenters. The largest absolute Gasteiger partial charge is 0.454 e. The quantitative estimate of drug-likeness (QED) is 0.613. The molecule has 1 aliphatic rings. The maximum absolute atomic E-state index is 12.9. The Balaban J connectivity index is 1.54. The number of aromatic nitrogens is 2. The average Bonchev–Trinajstić information content (AvgIpc) is 3.39. The number of fused-ring (bicyclic) bond motifs is 1. The maximum Gasteiger partial charge on any atom is 0.254 e. The molecule has 0 bridgehead atoms. The van der Waals surface area contributed by atoms with Crippen LogP contribution in [0.3, 0.4) is 0 Å². The summed E-state index contributed by atoms with van der Waals surface area (Å²) in [6.45, 7) is 10.3. The van der Waals surface area contributed by atoms with Gasteiger partial charge in [-0.1, -0.05) is 38.5 Å². The molecule has 3 aromatic rings. The van der Waals surface area contributed by atoms with Gasteiger partial charge in [0.2, 0.25) is 12.7 Å². The summed E-state index contributed by atoms with van der Waals surface area (Å²) in [6.07, 6.45) is 0. The minimum atomic E-state index is -0.317. The lowest BCUT2D eigenvalue weighted by Gasteiger charge is -2.17. The Morgan fingerprint density at radius 2 is 1.79 bits per heavy atom. The Labute approximate surface area is 199 Å². The number of anilines is 1. The zero-order chi connectivity index (χ0) is 24.6. The van der Waals surface area contributed by atoms with E-state index in [0.29, 0.717) is 22.9 Å². The highest BCUT2D eigenvalue weighted by Gasteiger charge is 2.24. The molecule has 1 N–H and O–H groups in total. The number of hydrogen-bond donors (Lipinski definition) is 1. The number of carbonyl (C=O) groups is 2. The summed E-state index contributed by atoms with van der Waals surface area (Å²) >= 11 is 0. The molecular formula is C26H30N4O4. The molecule has 0 aliphatic carbocycles. The lowest BCUT2D eigenvalue weighted by Crippen LogP contribution is -2.35. The summed E-state index contributed by atoms with van der Waals surface area (Å²) in [5, 5.41) is 7.73. The predicted octanol–water partition coefficient (Wildman–Crippen LogP) is 4.23. The van der Waals surface area contributed by atoms with Gasteiger partial charge in [0.1, 0.15) is 5.82 Å². The summed E-state index contributed by atoms with van der Waals surface area (Å²) in [5.74, 6) is 1.09. The van der Waals surface area contributed by atoms with Crippen molar-refractivity contribution in [1.29, 1.82) is 0 Å². The van der Waals surface area contributed by atoms with Crippen LogP contribution in [0.5, 0.6) is 11.5 Å². The highest BCUT2D eigenvalue weighted by molar-refractivity contribution is 5.99. The summed E-state index contributed by atoms with van der Waals surface area (Å²) in [6, 6.07) is 13.0. The normalized spacial score (nSPS) is 12.5. The molecule has 0 fully saturated rings. The number of likely N-dealkylation sites (N-methyl/N-ethyl adjacent to an activating group) is 1. The zero-order valence-corrected chi connectivity index (χ0v) is 20.4. The number of hydrogen-bond acceptors (Lipinski definition) is 5. The van der Waals surface area contributed by atoms with Gasteiger partial charge in [-0.05, 0) is 43.7 Å². The van der Waals surface area contributed by atoms with Crippen molar-refractivity contribution in [3.05, 3.63) is 64.8 Å². The van der Waals surface area contributed by atoms with Gasteiger partial charge in [-0.25, -0.2) is 4.68 Å². The van der Waals surface area contributed by atoms with Crippen LogP contribution in [-0.4, -0.2) is 46.9 Å². The standard InChI is InChI=1S/C26H30N4O4/c1-16-7-9-19(17(2)11-16)30-23(13-22(28-30)26(3,4)5)27-24(31)14-29(6)25(32)18-8-10-20-21(12-18)34-15-33-20/h7-13H,14-15H2,1-6H3,(H,27,31). The van der Waals surface area contributed by atoms with Crippen molar-refractivity contribution >= 4 is 17.6 Å². The molecule has 0 saturated carbocycles. The van der Waals surface area contributed by atoms with E-state index in [-0.39, 0.29) is 30.6 Å². The van der Waals surface area contributed by atoms with E-state index in [1.54, 1.807) is 29.9 Å². The Bertz CT molecular complexity index is 1260. The lowest BCUT2D eigenvalue weighted by atomic mass is 9.92. The van der Waals surface area contributed by atoms with Crippen LogP contribution in [-0.2, 0) is 10.2 Å². The fourth-order valence-corrected chi connectivity index (χ4v) is 3.78. The molecular weight excluding hydrogens is 432 g/mol. The third-order valence-corrected chi connectivity index (χ3v) is 5.67. The fourth-order valence-electron chi connectivity index (χ4n) is 3.78. The number of nitrogens with zero attached hydrogens (tertiary/aromatic N) is 3. The van der Waals surface area contributed by atoms with Crippen LogP contribution >= 0.6 is 0 Å². The second-order valence-electron chi connectivity index (χ2n) is 9.64. The number of ether oxygens (including phenoxy) is 2. The van der Waals surface area contributed by atoms with E-state index in [4.69, 9.17) is 14.6 Å². The van der Waals surface area contributed by atoms with Crippen molar-refractivity contribution in [2.75, 3.05) is 25.7 Å². The van der Waals surface area contributed by atoms with Crippen LogP contribution < -0.4 is 14.8 Å². The molecule has 1 aromatic heterocycles. The zero-order valence-electron chi connectivity index (χ0n) is 20.4. The monoisotopic (exact) mass is 462 g/mol. The van der Waals surface area contributed by atoms with Crippen molar-refractivity contribution in [1.82, 2.24) is 14.7 Å². The Kier molecular flexibility index (Phi) is 6.08. The van der Waals surface area contributed by atoms with Crippen molar-refractivity contribution < 1.29 is 19.1 Å². The number of aryl methyl sites for hydroxylation is 2. The van der Waals surface area contributed by atoms with Gasteiger partial charge in [0.05, 0.1) is 17.9 Å². The first-order valence-electron chi connectivity index (χ1n) is 11.2. The van der Waals surface area contributed by atoms with Gasteiger partial charge in [0.15, 0.2) is 11.5 Å². The van der Waals surface area contributed by atoms with E-state index in [9.17, 15) is 9.59 Å². The number of benzene rings is 2. The highest BCUT2D eigenvalue weighted by Crippen LogP contribution is 2.33. The molecule has 0 spiro atoms. The van der Waals surface area contributed by atoms with Crippen LogP contribution in [0.15, 0.2) is 42.5 Å². The maximum atomic E-state index is 12.9. The van der Waals surface area contributed by atoms with Gasteiger partial charge < -0.3 is 19.7 Å². The van der Waals surface area contributed by atoms with Gasteiger partial charge in [-0.3, -0.25) is 9.59 Å². The van der Waals surface area contributed by atoms with E-state index in [0.717, 1.165) is 22.5 Å². The second kappa shape index (κ2) is 8.85. The summed E-state index contributed by atoms with van der Waals surface area (Å²) in [4.78, 5) is 27.2. The van der Waals surface area contributed by atoms with Gasteiger partial charge in [0.25, 0.3) is 5.91 Å². The molecule has 0 saturated heterocycles.